The van der Waals surface area contributed by atoms with Crippen molar-refractivity contribution in [2.24, 2.45) is 5.73 Å². The minimum absolute atomic E-state index is 0.0438. The van der Waals surface area contributed by atoms with Gasteiger partial charge in [-0.1, -0.05) is 11.6 Å². The van der Waals surface area contributed by atoms with Gasteiger partial charge < -0.3 is 16.2 Å². The van der Waals surface area contributed by atoms with Gasteiger partial charge in [0.25, 0.3) is 5.91 Å². The molecule has 0 saturated carbocycles. The summed E-state index contributed by atoms with van der Waals surface area (Å²) in [4.78, 5) is 22.4. The number of primary amides is 1. The van der Waals surface area contributed by atoms with Crippen LogP contribution in [0.3, 0.4) is 0 Å². The van der Waals surface area contributed by atoms with Crippen LogP contribution >= 0.6 is 11.6 Å². The van der Waals surface area contributed by atoms with Crippen molar-refractivity contribution in [2.45, 2.75) is 19.4 Å². The number of halogens is 1. The molecule has 4 N–H and O–H groups in total. The lowest BCUT2D eigenvalue weighted by Gasteiger charge is -2.12. The highest BCUT2D eigenvalue weighted by molar-refractivity contribution is 6.33. The molecular weight excluding hydrogens is 244 g/mol. The Morgan fingerprint density at radius 1 is 1.53 bits per heavy atom. The van der Waals surface area contributed by atoms with Crippen LogP contribution in [-0.4, -0.2) is 23.0 Å². The number of rotatable bonds is 4. The first-order chi connectivity index (χ1) is 7.90. The fraction of sp³-hybridized carbons (Fsp3) is 0.273. The summed E-state index contributed by atoms with van der Waals surface area (Å²) in [5.74, 6) is -1.01. The molecule has 0 saturated heterocycles. The Morgan fingerprint density at radius 3 is 2.76 bits per heavy atom. The van der Waals surface area contributed by atoms with E-state index in [2.05, 4.69) is 5.32 Å². The third-order valence-electron chi connectivity index (χ3n) is 2.08. The van der Waals surface area contributed by atoms with Crippen molar-refractivity contribution in [1.82, 2.24) is 5.32 Å². The van der Waals surface area contributed by atoms with E-state index in [0.717, 1.165) is 0 Å². The van der Waals surface area contributed by atoms with E-state index in [-0.39, 0.29) is 22.8 Å². The van der Waals surface area contributed by atoms with Crippen LogP contribution in [0, 0.1) is 0 Å². The van der Waals surface area contributed by atoms with Crippen LogP contribution in [0.15, 0.2) is 18.2 Å². The first-order valence-corrected chi connectivity index (χ1v) is 5.35. The summed E-state index contributed by atoms with van der Waals surface area (Å²) >= 11 is 5.82. The minimum atomic E-state index is -0.500. The Balaban J connectivity index is 2.76. The molecule has 1 aromatic carbocycles. The zero-order valence-corrected chi connectivity index (χ0v) is 9.99. The SMILES string of the molecule is CC(CC(N)=O)NC(=O)c1cc(O)ccc1Cl. The fourth-order valence-electron chi connectivity index (χ4n) is 1.34. The molecule has 0 aliphatic rings. The summed E-state index contributed by atoms with van der Waals surface area (Å²) < 4.78 is 0. The predicted molar refractivity (Wildman–Crippen MR) is 63.9 cm³/mol. The van der Waals surface area contributed by atoms with Crippen LogP contribution in [0.1, 0.15) is 23.7 Å². The van der Waals surface area contributed by atoms with Crippen molar-refractivity contribution in [3.63, 3.8) is 0 Å². The number of carbonyl (C=O) groups excluding carboxylic acids is 2. The lowest BCUT2D eigenvalue weighted by atomic mass is 10.1. The van der Waals surface area contributed by atoms with Crippen molar-refractivity contribution in [1.29, 1.82) is 0 Å². The standard InChI is InChI=1S/C11H13ClN2O3/c1-6(4-10(13)16)14-11(17)8-5-7(15)2-3-9(8)12/h2-3,5-6,15H,4H2,1H3,(H2,13,16)(H,14,17). The Hall–Kier alpha value is -1.75. The summed E-state index contributed by atoms with van der Waals surface area (Å²) in [7, 11) is 0. The van der Waals surface area contributed by atoms with Crippen LogP contribution in [-0.2, 0) is 4.79 Å². The van der Waals surface area contributed by atoms with Crippen molar-refractivity contribution < 1.29 is 14.7 Å². The molecule has 0 heterocycles. The maximum Gasteiger partial charge on any atom is 0.253 e. The van der Waals surface area contributed by atoms with E-state index in [0.29, 0.717) is 0 Å². The van der Waals surface area contributed by atoms with Gasteiger partial charge >= 0.3 is 0 Å². The molecule has 17 heavy (non-hydrogen) atoms. The second-order valence-corrected chi connectivity index (χ2v) is 4.12. The molecule has 0 aromatic heterocycles. The van der Waals surface area contributed by atoms with Crippen molar-refractivity contribution in [3.05, 3.63) is 28.8 Å². The molecule has 1 rings (SSSR count). The molecule has 0 spiro atoms. The third-order valence-corrected chi connectivity index (χ3v) is 2.41. The van der Waals surface area contributed by atoms with Gasteiger partial charge in [0.15, 0.2) is 0 Å². The molecule has 1 aromatic rings. The largest absolute Gasteiger partial charge is 0.508 e. The molecule has 1 atom stereocenters. The number of nitrogens with two attached hydrogens (primary N) is 1. The van der Waals surface area contributed by atoms with E-state index in [4.69, 9.17) is 17.3 Å². The first kappa shape index (κ1) is 13.3. The van der Waals surface area contributed by atoms with Gasteiger partial charge in [0, 0.05) is 12.5 Å². The van der Waals surface area contributed by atoms with E-state index in [1.807, 2.05) is 0 Å². The summed E-state index contributed by atoms with van der Waals surface area (Å²) in [5, 5.41) is 12.0. The van der Waals surface area contributed by atoms with Crippen LogP contribution in [0.25, 0.3) is 0 Å². The van der Waals surface area contributed by atoms with Crippen LogP contribution in [0.4, 0.5) is 0 Å². The molecule has 2 amide bonds. The Labute approximate surface area is 104 Å². The van der Waals surface area contributed by atoms with Crippen LogP contribution in [0.2, 0.25) is 5.02 Å². The number of amides is 2. The number of phenolic OH excluding ortho intramolecular Hbond substituents is 1. The van der Waals surface area contributed by atoms with Gasteiger partial charge in [-0.3, -0.25) is 9.59 Å². The van der Waals surface area contributed by atoms with Crippen molar-refractivity contribution >= 4 is 23.4 Å². The van der Waals surface area contributed by atoms with Gasteiger partial charge in [-0.25, -0.2) is 0 Å². The molecule has 0 fully saturated rings. The van der Waals surface area contributed by atoms with Crippen LogP contribution in [0.5, 0.6) is 5.75 Å². The minimum Gasteiger partial charge on any atom is -0.508 e. The second-order valence-electron chi connectivity index (χ2n) is 3.71. The number of benzene rings is 1. The van der Waals surface area contributed by atoms with E-state index in [1.54, 1.807) is 6.92 Å². The number of carbonyl (C=O) groups is 2. The number of hydrogen-bond acceptors (Lipinski definition) is 3. The van der Waals surface area contributed by atoms with Gasteiger partial charge in [-0.2, -0.15) is 0 Å². The van der Waals surface area contributed by atoms with Crippen molar-refractivity contribution in [3.8, 4) is 5.75 Å². The molecule has 0 radical (unpaired) electrons. The summed E-state index contributed by atoms with van der Waals surface area (Å²) in [5.41, 5.74) is 5.16. The van der Waals surface area contributed by atoms with E-state index >= 15 is 0 Å². The van der Waals surface area contributed by atoms with E-state index < -0.39 is 17.9 Å². The Bertz CT molecular complexity index is 448. The highest BCUT2D eigenvalue weighted by Gasteiger charge is 2.14. The molecular formula is C11H13ClN2O3. The van der Waals surface area contributed by atoms with E-state index in [9.17, 15) is 14.7 Å². The lowest BCUT2D eigenvalue weighted by Crippen LogP contribution is -2.35. The normalized spacial score (nSPS) is 11.9. The first-order valence-electron chi connectivity index (χ1n) is 4.98. The zero-order chi connectivity index (χ0) is 13.0. The molecule has 92 valence electrons. The number of hydrogen-bond donors (Lipinski definition) is 3. The predicted octanol–water partition coefficient (Wildman–Crippen LogP) is 1.04. The quantitative estimate of drug-likeness (QED) is 0.751. The topological polar surface area (TPSA) is 92.4 Å². The maximum atomic E-state index is 11.8. The molecule has 1 unspecified atom stereocenters. The number of aromatic hydroxyl groups is 1. The third kappa shape index (κ3) is 3.96. The fourth-order valence-corrected chi connectivity index (χ4v) is 1.54. The second kappa shape index (κ2) is 5.54. The van der Waals surface area contributed by atoms with E-state index in [1.165, 1.54) is 18.2 Å². The summed E-state index contributed by atoms with van der Waals surface area (Å²) in [6.45, 7) is 1.65. The molecule has 0 aliphatic carbocycles. The zero-order valence-electron chi connectivity index (χ0n) is 9.24. The smallest absolute Gasteiger partial charge is 0.253 e. The van der Waals surface area contributed by atoms with Gasteiger partial charge in [0.05, 0.1) is 10.6 Å². The van der Waals surface area contributed by atoms with Gasteiger partial charge in [0.2, 0.25) is 5.91 Å². The maximum absolute atomic E-state index is 11.8. The Kier molecular flexibility index (Phi) is 4.34. The monoisotopic (exact) mass is 256 g/mol. The Morgan fingerprint density at radius 2 is 2.18 bits per heavy atom. The highest BCUT2D eigenvalue weighted by atomic mass is 35.5. The number of phenols is 1. The van der Waals surface area contributed by atoms with Gasteiger partial charge in [-0.05, 0) is 25.1 Å². The van der Waals surface area contributed by atoms with Gasteiger partial charge in [0.1, 0.15) is 5.75 Å². The molecule has 0 bridgehead atoms. The molecule has 5 nitrogen and oxygen atoms in total. The average Bonchev–Trinajstić information content (AvgIpc) is 2.20. The van der Waals surface area contributed by atoms with Crippen LogP contribution < -0.4 is 11.1 Å². The van der Waals surface area contributed by atoms with Crippen molar-refractivity contribution in [2.75, 3.05) is 0 Å². The summed E-state index contributed by atoms with van der Waals surface area (Å²) in [6.07, 6.45) is 0.0438. The molecule has 0 aliphatic heterocycles. The summed E-state index contributed by atoms with van der Waals surface area (Å²) in [6, 6.07) is 3.67. The lowest BCUT2D eigenvalue weighted by molar-refractivity contribution is -0.118. The van der Waals surface area contributed by atoms with Gasteiger partial charge in [-0.15, -0.1) is 0 Å². The average molecular weight is 257 g/mol. The molecule has 6 heteroatoms. The highest BCUT2D eigenvalue weighted by Crippen LogP contribution is 2.21. The number of nitrogens with one attached hydrogen (secondary N) is 1.